The van der Waals surface area contributed by atoms with Crippen molar-refractivity contribution in [2.24, 2.45) is 5.92 Å². The van der Waals surface area contributed by atoms with Crippen LogP contribution in [0.3, 0.4) is 0 Å². The zero-order chi connectivity index (χ0) is 20.9. The zero-order valence-corrected chi connectivity index (χ0v) is 19.0. The molecule has 4 nitrogen and oxygen atoms in total. The molecule has 0 spiro atoms. The molecule has 0 aliphatic heterocycles. The first-order valence-corrected chi connectivity index (χ1v) is 12.0. The first-order valence-electron chi connectivity index (χ1n) is 12.0. The minimum absolute atomic E-state index is 0.182. The zero-order valence-electron chi connectivity index (χ0n) is 19.0. The molecule has 0 heterocycles. The molecular weight excluding hydrogens is 350 g/mol. The maximum atomic E-state index is 11.7. The summed E-state index contributed by atoms with van der Waals surface area (Å²) in [6, 6.07) is 0. The van der Waals surface area contributed by atoms with Crippen molar-refractivity contribution in [3.63, 3.8) is 0 Å². The summed E-state index contributed by atoms with van der Waals surface area (Å²) >= 11 is 0. The van der Waals surface area contributed by atoms with Gasteiger partial charge in [-0.15, -0.1) is 0 Å². The lowest BCUT2D eigenvalue weighted by Crippen LogP contribution is -2.26. The van der Waals surface area contributed by atoms with Gasteiger partial charge in [0.2, 0.25) is 0 Å². The van der Waals surface area contributed by atoms with Gasteiger partial charge in [-0.2, -0.15) is 5.48 Å². The van der Waals surface area contributed by atoms with Gasteiger partial charge in [-0.05, 0) is 18.8 Å². The van der Waals surface area contributed by atoms with Crippen molar-refractivity contribution < 1.29 is 14.4 Å². The van der Waals surface area contributed by atoms with Crippen molar-refractivity contribution in [3.8, 4) is 0 Å². The molecule has 0 radical (unpaired) electrons. The number of unbranched alkanes of at least 4 members (excludes halogenated alkanes) is 13. The molecule has 1 amide bonds. The Morgan fingerprint density at radius 3 is 1.64 bits per heavy atom. The molecule has 0 unspecified atom stereocenters. The predicted octanol–water partition coefficient (Wildman–Crippen LogP) is 7.26. The normalized spacial score (nSPS) is 11.0. The lowest BCUT2D eigenvalue weighted by atomic mass is 10.0. The summed E-state index contributed by atoms with van der Waals surface area (Å²) in [5.41, 5.74) is 2.29. The molecule has 0 aliphatic carbocycles. The maximum Gasteiger partial charge on any atom is 0.332 e. The van der Waals surface area contributed by atoms with Crippen LogP contribution in [0.1, 0.15) is 136 Å². The Morgan fingerprint density at radius 1 is 0.679 bits per heavy atom. The fraction of sp³-hybridized carbons (Fsp3) is 0.917. The van der Waals surface area contributed by atoms with Crippen LogP contribution in [-0.4, -0.2) is 11.9 Å². The second-order valence-electron chi connectivity index (χ2n) is 8.63. The summed E-state index contributed by atoms with van der Waals surface area (Å²) in [7, 11) is 0. The third-order valence-electron chi connectivity index (χ3n) is 5.20. The van der Waals surface area contributed by atoms with Crippen molar-refractivity contribution in [2.45, 2.75) is 136 Å². The fourth-order valence-corrected chi connectivity index (χ4v) is 3.34. The van der Waals surface area contributed by atoms with Crippen LogP contribution in [0.25, 0.3) is 0 Å². The molecule has 0 aromatic heterocycles. The van der Waals surface area contributed by atoms with E-state index in [1.165, 1.54) is 70.6 Å². The van der Waals surface area contributed by atoms with E-state index in [2.05, 4.69) is 26.3 Å². The van der Waals surface area contributed by atoms with Crippen LogP contribution in [0, 0.1) is 5.92 Å². The van der Waals surface area contributed by atoms with E-state index in [1.807, 2.05) is 0 Å². The number of hydroxylamine groups is 1. The lowest BCUT2D eigenvalue weighted by Gasteiger charge is -2.07. The summed E-state index contributed by atoms with van der Waals surface area (Å²) in [4.78, 5) is 28.1. The molecular formula is C24H47NO3. The SMILES string of the molecule is CCCCCCCCCCCCCCCC(=O)NOC(=O)CCCCC(C)C. The van der Waals surface area contributed by atoms with Crippen LogP contribution >= 0.6 is 0 Å². The minimum atomic E-state index is -0.331. The van der Waals surface area contributed by atoms with Gasteiger partial charge < -0.3 is 4.84 Å². The number of rotatable bonds is 19. The third kappa shape index (κ3) is 21.2. The van der Waals surface area contributed by atoms with Gasteiger partial charge in [0, 0.05) is 12.8 Å². The van der Waals surface area contributed by atoms with Crippen LogP contribution in [-0.2, 0) is 14.4 Å². The molecule has 0 saturated heterocycles. The van der Waals surface area contributed by atoms with Gasteiger partial charge >= 0.3 is 5.97 Å². The van der Waals surface area contributed by atoms with E-state index in [4.69, 9.17) is 4.84 Å². The van der Waals surface area contributed by atoms with E-state index >= 15 is 0 Å². The van der Waals surface area contributed by atoms with Gasteiger partial charge in [0.25, 0.3) is 5.91 Å². The number of hydrogen-bond donors (Lipinski definition) is 1. The van der Waals surface area contributed by atoms with E-state index in [9.17, 15) is 9.59 Å². The highest BCUT2D eigenvalue weighted by molar-refractivity contribution is 5.77. The molecule has 0 aromatic carbocycles. The smallest absolute Gasteiger partial charge is 0.332 e. The third-order valence-corrected chi connectivity index (χ3v) is 5.20. The summed E-state index contributed by atoms with van der Waals surface area (Å²) < 4.78 is 0. The van der Waals surface area contributed by atoms with Crippen LogP contribution in [0.15, 0.2) is 0 Å². The van der Waals surface area contributed by atoms with Gasteiger partial charge in [-0.3, -0.25) is 4.79 Å². The molecule has 166 valence electrons. The average Bonchev–Trinajstić information content (AvgIpc) is 2.67. The van der Waals surface area contributed by atoms with Gasteiger partial charge in [-0.1, -0.05) is 111 Å². The molecule has 28 heavy (non-hydrogen) atoms. The lowest BCUT2D eigenvalue weighted by molar-refractivity contribution is -0.158. The first-order chi connectivity index (χ1) is 13.6. The van der Waals surface area contributed by atoms with Gasteiger partial charge in [0.1, 0.15) is 0 Å². The molecule has 0 saturated carbocycles. The number of amides is 1. The Balaban J connectivity index is 3.29. The standard InChI is InChI=1S/C24H47NO3/c1-4-5-6-7-8-9-10-11-12-13-14-15-16-20-23(26)25-28-24(27)21-18-17-19-22(2)3/h22H,4-21H2,1-3H3,(H,25,26). The fourth-order valence-electron chi connectivity index (χ4n) is 3.34. The van der Waals surface area contributed by atoms with Crippen molar-refractivity contribution >= 4 is 11.9 Å². The Hall–Kier alpha value is -1.06. The van der Waals surface area contributed by atoms with E-state index in [0.29, 0.717) is 18.8 Å². The molecule has 0 aliphatic rings. The van der Waals surface area contributed by atoms with E-state index < -0.39 is 0 Å². The number of carbonyl (C=O) groups excluding carboxylic acids is 2. The highest BCUT2D eigenvalue weighted by atomic mass is 16.7. The number of nitrogens with one attached hydrogen (secondary N) is 1. The van der Waals surface area contributed by atoms with Crippen LogP contribution in [0.2, 0.25) is 0 Å². The summed E-state index contributed by atoms with van der Waals surface area (Å²) in [5.74, 6) is 0.150. The highest BCUT2D eigenvalue weighted by Gasteiger charge is 2.07. The van der Waals surface area contributed by atoms with Gasteiger partial charge in [0.05, 0.1) is 0 Å². The first kappa shape index (κ1) is 26.9. The average molecular weight is 398 g/mol. The Labute approximate surface area is 174 Å². The molecule has 0 aromatic rings. The summed E-state index contributed by atoms with van der Waals surface area (Å²) in [5, 5.41) is 0. The van der Waals surface area contributed by atoms with Gasteiger partial charge in [-0.25, -0.2) is 4.79 Å². The second kappa shape index (κ2) is 20.7. The van der Waals surface area contributed by atoms with Crippen molar-refractivity contribution in [1.29, 1.82) is 0 Å². The van der Waals surface area contributed by atoms with Crippen LogP contribution in [0.5, 0.6) is 0 Å². The second-order valence-corrected chi connectivity index (χ2v) is 8.63. The van der Waals surface area contributed by atoms with Gasteiger partial charge in [0.15, 0.2) is 0 Å². The van der Waals surface area contributed by atoms with E-state index in [1.54, 1.807) is 0 Å². The Kier molecular flexibility index (Phi) is 19.9. The van der Waals surface area contributed by atoms with Crippen molar-refractivity contribution in [1.82, 2.24) is 5.48 Å². The highest BCUT2D eigenvalue weighted by Crippen LogP contribution is 2.13. The number of carbonyl (C=O) groups is 2. The Morgan fingerprint density at radius 2 is 1.14 bits per heavy atom. The Bertz CT molecular complexity index is 369. The molecule has 1 N–H and O–H groups in total. The molecule has 0 rings (SSSR count). The molecule has 4 heteroatoms. The topological polar surface area (TPSA) is 55.4 Å². The summed E-state index contributed by atoms with van der Waals surface area (Å²) in [6.07, 6.45) is 20.6. The maximum absolute atomic E-state index is 11.7. The van der Waals surface area contributed by atoms with Crippen LogP contribution < -0.4 is 5.48 Å². The van der Waals surface area contributed by atoms with Crippen LogP contribution in [0.4, 0.5) is 0 Å². The van der Waals surface area contributed by atoms with E-state index in [0.717, 1.165) is 32.1 Å². The quantitative estimate of drug-likeness (QED) is 0.184. The van der Waals surface area contributed by atoms with E-state index in [-0.39, 0.29) is 11.9 Å². The molecule has 0 fully saturated rings. The van der Waals surface area contributed by atoms with Crippen molar-refractivity contribution in [3.05, 3.63) is 0 Å². The largest absolute Gasteiger partial charge is 0.341 e. The minimum Gasteiger partial charge on any atom is -0.341 e. The number of hydrogen-bond acceptors (Lipinski definition) is 3. The predicted molar refractivity (Wildman–Crippen MR) is 118 cm³/mol. The molecule has 0 atom stereocenters. The monoisotopic (exact) mass is 397 g/mol. The molecule has 0 bridgehead atoms. The summed E-state index contributed by atoms with van der Waals surface area (Å²) in [6.45, 7) is 6.61. The van der Waals surface area contributed by atoms with Crippen molar-refractivity contribution in [2.75, 3.05) is 0 Å².